The van der Waals surface area contributed by atoms with E-state index in [1.807, 2.05) is 21.6 Å². The van der Waals surface area contributed by atoms with Crippen LogP contribution in [0.25, 0.3) is 11.4 Å². The first-order chi connectivity index (χ1) is 22.2. The van der Waals surface area contributed by atoms with Crippen LogP contribution in [-0.4, -0.2) is 118 Å². The van der Waals surface area contributed by atoms with Gasteiger partial charge in [0, 0.05) is 71.4 Å². The molecule has 2 amide bonds. The lowest BCUT2D eigenvalue weighted by molar-refractivity contribution is -0.133. The molecule has 3 aliphatic heterocycles. The molecule has 16 heteroatoms. The summed E-state index contributed by atoms with van der Waals surface area (Å²) in [6, 6.07) is 0. The van der Waals surface area contributed by atoms with Gasteiger partial charge in [0.1, 0.15) is 5.69 Å². The molecular formula is C30H42F2N10O4. The van der Waals surface area contributed by atoms with E-state index in [0.717, 1.165) is 38.3 Å². The number of ether oxygens (including phenoxy) is 1. The van der Waals surface area contributed by atoms with Gasteiger partial charge in [0.25, 0.3) is 6.43 Å². The quantitative estimate of drug-likeness (QED) is 0.313. The molecule has 3 aliphatic rings. The van der Waals surface area contributed by atoms with E-state index in [9.17, 15) is 23.2 Å². The van der Waals surface area contributed by atoms with Crippen molar-refractivity contribution in [2.45, 2.75) is 46.0 Å². The summed E-state index contributed by atoms with van der Waals surface area (Å²) in [5.41, 5.74) is 4.97. The number of hydrogen-bond donors (Lipinski definition) is 1. The highest BCUT2D eigenvalue weighted by Gasteiger charge is 2.26. The molecule has 46 heavy (non-hydrogen) atoms. The number of aromatic nitrogens is 5. The second-order valence-corrected chi connectivity index (χ2v) is 11.3. The minimum atomic E-state index is -2.87. The highest BCUT2D eigenvalue weighted by atomic mass is 19.3. The number of morpholine rings is 1. The minimum absolute atomic E-state index is 0.00360. The average molecular weight is 645 g/mol. The van der Waals surface area contributed by atoms with E-state index in [1.54, 1.807) is 11.0 Å². The molecule has 0 saturated carbocycles. The number of amides is 2. The van der Waals surface area contributed by atoms with Crippen LogP contribution in [0.5, 0.6) is 0 Å². The predicted molar refractivity (Wildman–Crippen MR) is 167 cm³/mol. The maximum Gasteiger partial charge on any atom is 0.281 e. The number of hydrogen-bond acceptors (Lipinski definition) is 12. The third-order valence-electron chi connectivity index (χ3n) is 8.01. The van der Waals surface area contributed by atoms with Crippen molar-refractivity contribution in [1.82, 2.24) is 34.7 Å². The molecule has 0 atom stereocenters. The van der Waals surface area contributed by atoms with Crippen LogP contribution in [0.3, 0.4) is 0 Å². The zero-order valence-electron chi connectivity index (χ0n) is 26.4. The van der Waals surface area contributed by atoms with Crippen molar-refractivity contribution in [1.29, 1.82) is 0 Å². The lowest BCUT2D eigenvalue weighted by Crippen LogP contribution is -2.46. The summed E-state index contributed by atoms with van der Waals surface area (Å²) in [5.74, 6) is 1.42. The monoisotopic (exact) mass is 644 g/mol. The van der Waals surface area contributed by atoms with Crippen LogP contribution in [-0.2, 0) is 19.1 Å². The van der Waals surface area contributed by atoms with Crippen molar-refractivity contribution in [3.63, 3.8) is 0 Å². The van der Waals surface area contributed by atoms with Crippen molar-refractivity contribution in [3.05, 3.63) is 24.0 Å². The van der Waals surface area contributed by atoms with Gasteiger partial charge in [-0.3, -0.25) is 14.4 Å². The van der Waals surface area contributed by atoms with Gasteiger partial charge in [-0.25, -0.2) is 18.7 Å². The lowest BCUT2D eigenvalue weighted by atomic mass is 9.99. The number of allylic oxidation sites excluding steroid dienone is 2. The topological polar surface area (TPSA) is 164 Å². The van der Waals surface area contributed by atoms with Gasteiger partial charge in [0.15, 0.2) is 11.6 Å². The van der Waals surface area contributed by atoms with Crippen LogP contribution >= 0.6 is 0 Å². The molecule has 14 nitrogen and oxygen atoms in total. The number of anilines is 3. The Hall–Kier alpha value is -4.34. The Morgan fingerprint density at radius 3 is 2.17 bits per heavy atom. The average Bonchev–Trinajstić information content (AvgIpc) is 3.08. The van der Waals surface area contributed by atoms with Crippen LogP contribution in [0.2, 0.25) is 0 Å². The Labute approximate surface area is 267 Å². The number of halogens is 2. The summed E-state index contributed by atoms with van der Waals surface area (Å²) in [7, 11) is 0. The first-order valence-electron chi connectivity index (χ1n) is 15.6. The van der Waals surface area contributed by atoms with E-state index in [1.165, 1.54) is 12.3 Å². The Bertz CT molecular complexity index is 1360. The van der Waals surface area contributed by atoms with Gasteiger partial charge < -0.3 is 30.1 Å². The SMILES string of the molecule is C/C=C/C(=O)CCC(=O)N1CCC(C)CC1.Nc1ncc(-c2nc(N3CCOCC3)nc(N3CCN(C=O)CC3)n2)c(C(F)F)n1. The molecular weight excluding hydrogens is 602 g/mol. The molecule has 5 heterocycles. The Balaban J connectivity index is 0.000000254. The van der Waals surface area contributed by atoms with Gasteiger partial charge >= 0.3 is 0 Å². The molecule has 0 radical (unpaired) electrons. The summed E-state index contributed by atoms with van der Waals surface area (Å²) in [4.78, 5) is 62.3. The van der Waals surface area contributed by atoms with E-state index in [0.29, 0.717) is 77.2 Å². The molecule has 0 spiro atoms. The van der Waals surface area contributed by atoms with E-state index in [-0.39, 0.29) is 29.0 Å². The standard InChI is InChI=1S/C17H21F2N9O2.C13H21NO2/c18-13(19)12-11(9-21-15(20)22-12)14-23-16(27-3-1-26(10-29)2-4-27)25-17(24-14)28-5-7-30-8-6-28;1-3-4-12(15)5-6-13(16)14-9-7-11(2)8-10-14/h9-10,13H,1-8H2,(H2,20,21,22);3-4,11H,5-10H2,1-2H3/b;4-3+. The number of nitrogens with two attached hydrogens (primary N) is 1. The van der Waals surface area contributed by atoms with Crippen molar-refractivity contribution >= 4 is 35.9 Å². The second kappa shape index (κ2) is 16.8. The Morgan fingerprint density at radius 1 is 0.957 bits per heavy atom. The smallest absolute Gasteiger partial charge is 0.281 e. The number of rotatable bonds is 9. The number of piperidine rings is 1. The molecule has 250 valence electrons. The minimum Gasteiger partial charge on any atom is -0.378 e. The summed E-state index contributed by atoms with van der Waals surface area (Å²) < 4.78 is 32.6. The molecule has 3 saturated heterocycles. The highest BCUT2D eigenvalue weighted by Crippen LogP contribution is 2.30. The number of nitrogens with zero attached hydrogens (tertiary/aromatic N) is 9. The third-order valence-corrected chi connectivity index (χ3v) is 8.01. The zero-order valence-corrected chi connectivity index (χ0v) is 26.4. The summed E-state index contributed by atoms with van der Waals surface area (Å²) in [5, 5.41) is 0. The maximum atomic E-state index is 13.6. The molecule has 5 rings (SSSR count). The van der Waals surface area contributed by atoms with Crippen LogP contribution in [0, 0.1) is 5.92 Å². The van der Waals surface area contributed by atoms with Crippen LogP contribution in [0.15, 0.2) is 18.3 Å². The molecule has 2 aromatic heterocycles. The Morgan fingerprint density at radius 2 is 1.59 bits per heavy atom. The van der Waals surface area contributed by atoms with E-state index in [4.69, 9.17) is 10.5 Å². The fourth-order valence-corrected chi connectivity index (χ4v) is 5.21. The van der Waals surface area contributed by atoms with E-state index >= 15 is 0 Å². The van der Waals surface area contributed by atoms with E-state index < -0.39 is 12.1 Å². The third kappa shape index (κ3) is 9.58. The van der Waals surface area contributed by atoms with Crippen molar-refractivity contribution in [3.8, 4) is 11.4 Å². The van der Waals surface area contributed by atoms with Crippen LogP contribution < -0.4 is 15.5 Å². The molecule has 0 aromatic carbocycles. The predicted octanol–water partition coefficient (Wildman–Crippen LogP) is 2.13. The van der Waals surface area contributed by atoms with Gasteiger partial charge in [-0.1, -0.05) is 13.0 Å². The Kier molecular flexibility index (Phi) is 12.6. The molecule has 3 fully saturated rings. The number of alkyl halides is 2. The number of nitrogen functional groups attached to an aromatic ring is 1. The molecule has 0 aliphatic carbocycles. The van der Waals surface area contributed by atoms with Crippen LogP contribution in [0.4, 0.5) is 26.6 Å². The van der Waals surface area contributed by atoms with Crippen molar-refractivity contribution in [2.75, 3.05) is 81.1 Å². The fourth-order valence-electron chi connectivity index (χ4n) is 5.21. The zero-order chi connectivity index (χ0) is 33.1. The van der Waals surface area contributed by atoms with Gasteiger partial charge in [-0.2, -0.15) is 15.0 Å². The molecule has 2 N–H and O–H groups in total. The van der Waals surface area contributed by atoms with Gasteiger partial charge in [0.05, 0.1) is 18.8 Å². The molecule has 0 unspecified atom stereocenters. The fraction of sp³-hybridized carbons (Fsp3) is 0.600. The first kappa shape index (κ1) is 34.5. The number of likely N-dealkylation sites (tertiary alicyclic amines) is 1. The number of piperazine rings is 1. The number of carbonyl (C=O) groups is 3. The molecule has 0 bridgehead atoms. The first-order valence-corrected chi connectivity index (χ1v) is 15.6. The van der Waals surface area contributed by atoms with Crippen molar-refractivity contribution in [2.24, 2.45) is 5.92 Å². The summed E-state index contributed by atoms with van der Waals surface area (Å²) in [6.45, 7) is 10.00. The van der Waals surface area contributed by atoms with Crippen LogP contribution in [0.1, 0.15) is 51.7 Å². The largest absolute Gasteiger partial charge is 0.378 e. The number of ketones is 1. The summed E-state index contributed by atoms with van der Waals surface area (Å²) >= 11 is 0. The van der Waals surface area contributed by atoms with Gasteiger partial charge in [-0.05, 0) is 31.8 Å². The molecule has 2 aromatic rings. The number of carbonyl (C=O) groups excluding carboxylic acids is 3. The summed E-state index contributed by atoms with van der Waals surface area (Å²) in [6.07, 6.45) is 5.27. The van der Waals surface area contributed by atoms with Crippen molar-refractivity contribution < 1.29 is 27.9 Å². The van der Waals surface area contributed by atoms with Gasteiger partial charge in [-0.15, -0.1) is 0 Å². The van der Waals surface area contributed by atoms with E-state index in [2.05, 4.69) is 31.8 Å². The van der Waals surface area contributed by atoms with Gasteiger partial charge in [0.2, 0.25) is 30.2 Å². The lowest BCUT2D eigenvalue weighted by Gasteiger charge is -2.33. The highest BCUT2D eigenvalue weighted by molar-refractivity contribution is 5.92. The normalized spacial score (nSPS) is 17.7. The second-order valence-electron chi connectivity index (χ2n) is 11.3. The maximum absolute atomic E-state index is 13.6.